The second-order valence-corrected chi connectivity index (χ2v) is 5.64. The molecule has 5 heteroatoms. The number of tetrazole rings is 1. The maximum absolute atomic E-state index is 12.3. The number of pyridine rings is 1. The van der Waals surface area contributed by atoms with Gasteiger partial charge in [-0.25, -0.2) is 0 Å². The maximum Gasteiger partial charge on any atom is 0.187 e. The van der Waals surface area contributed by atoms with Crippen molar-refractivity contribution < 1.29 is 4.79 Å². The number of hydrogen-bond acceptors (Lipinski definition) is 4. The van der Waals surface area contributed by atoms with Crippen molar-refractivity contribution in [2.45, 2.75) is 6.92 Å². The van der Waals surface area contributed by atoms with E-state index in [9.17, 15) is 4.79 Å². The number of allylic oxidation sites excluding steroid dienone is 1. The van der Waals surface area contributed by atoms with Crippen molar-refractivity contribution in [1.82, 2.24) is 20.0 Å². The molecule has 116 valence electrons. The van der Waals surface area contributed by atoms with Gasteiger partial charge in [-0.05, 0) is 47.2 Å². The van der Waals surface area contributed by atoms with E-state index in [1.165, 1.54) is 0 Å². The average Bonchev–Trinajstić information content (AvgIpc) is 3.10. The van der Waals surface area contributed by atoms with Crippen LogP contribution in [0, 0.1) is 6.92 Å². The van der Waals surface area contributed by atoms with Gasteiger partial charge in [-0.3, -0.25) is 4.79 Å². The summed E-state index contributed by atoms with van der Waals surface area (Å²) in [5.41, 5.74) is 4.18. The van der Waals surface area contributed by atoms with Crippen molar-refractivity contribution in [3.63, 3.8) is 0 Å². The minimum absolute atomic E-state index is 0.0507. The van der Waals surface area contributed by atoms with Gasteiger partial charge < -0.3 is 0 Å². The summed E-state index contributed by atoms with van der Waals surface area (Å²) in [6, 6.07) is 17.3. The minimum Gasteiger partial charge on any atom is -0.289 e. The number of aromatic nitrogens is 4. The molecule has 0 saturated heterocycles. The molecule has 0 amide bonds. The van der Waals surface area contributed by atoms with E-state index < -0.39 is 0 Å². The van der Waals surface area contributed by atoms with Crippen LogP contribution >= 0.6 is 0 Å². The molecular formula is C19H14N4O. The van der Waals surface area contributed by atoms with Crippen molar-refractivity contribution in [2.24, 2.45) is 0 Å². The Labute approximate surface area is 138 Å². The van der Waals surface area contributed by atoms with Gasteiger partial charge in [0.2, 0.25) is 0 Å². The fourth-order valence-electron chi connectivity index (χ4n) is 2.71. The summed E-state index contributed by atoms with van der Waals surface area (Å²) in [7, 11) is 0. The van der Waals surface area contributed by atoms with Gasteiger partial charge in [-0.15, -0.1) is 5.10 Å². The van der Waals surface area contributed by atoms with Gasteiger partial charge in [0.25, 0.3) is 0 Å². The van der Waals surface area contributed by atoms with Crippen LogP contribution in [-0.4, -0.2) is 25.8 Å². The summed E-state index contributed by atoms with van der Waals surface area (Å²) in [4.78, 5) is 12.3. The van der Waals surface area contributed by atoms with E-state index in [4.69, 9.17) is 0 Å². The van der Waals surface area contributed by atoms with E-state index in [-0.39, 0.29) is 5.78 Å². The van der Waals surface area contributed by atoms with Crippen molar-refractivity contribution in [2.75, 3.05) is 0 Å². The molecule has 4 aromatic rings. The van der Waals surface area contributed by atoms with Crippen molar-refractivity contribution in [3.8, 4) is 0 Å². The number of ketones is 1. The smallest absolute Gasteiger partial charge is 0.187 e. The Kier molecular flexibility index (Phi) is 3.39. The number of hydrogen-bond donors (Lipinski definition) is 0. The Bertz CT molecular complexity index is 1080. The largest absolute Gasteiger partial charge is 0.289 e. The third-order valence-electron chi connectivity index (χ3n) is 3.93. The van der Waals surface area contributed by atoms with Crippen LogP contribution in [-0.2, 0) is 0 Å². The Morgan fingerprint density at radius 1 is 1.08 bits per heavy atom. The molecule has 0 aliphatic carbocycles. The molecule has 0 atom stereocenters. The summed E-state index contributed by atoms with van der Waals surface area (Å²) in [5, 5.41) is 13.0. The van der Waals surface area contributed by atoms with Crippen LogP contribution in [0.4, 0.5) is 0 Å². The lowest BCUT2D eigenvalue weighted by molar-refractivity contribution is 0.104. The maximum atomic E-state index is 12.3. The molecule has 0 saturated carbocycles. The second-order valence-electron chi connectivity index (χ2n) is 5.64. The van der Waals surface area contributed by atoms with Crippen LogP contribution in [0.1, 0.15) is 21.5 Å². The van der Waals surface area contributed by atoms with Gasteiger partial charge in [0.15, 0.2) is 11.4 Å². The predicted octanol–water partition coefficient (Wildman–Crippen LogP) is 3.48. The molecule has 2 aromatic carbocycles. The monoisotopic (exact) mass is 314 g/mol. The highest BCUT2D eigenvalue weighted by Crippen LogP contribution is 2.21. The molecule has 2 aromatic heterocycles. The number of nitrogens with zero attached hydrogens (tertiary/aromatic N) is 4. The molecule has 4 rings (SSSR count). The van der Waals surface area contributed by atoms with Crippen LogP contribution < -0.4 is 0 Å². The zero-order chi connectivity index (χ0) is 16.5. The Balaban J connectivity index is 1.81. The fraction of sp³-hybridized carbons (Fsp3) is 0.0526. The number of carbonyl (C=O) groups is 1. The molecule has 0 radical (unpaired) electrons. The third kappa shape index (κ3) is 2.46. The van der Waals surface area contributed by atoms with Gasteiger partial charge in [0.1, 0.15) is 0 Å². The fourth-order valence-corrected chi connectivity index (χ4v) is 2.71. The van der Waals surface area contributed by atoms with Crippen molar-refractivity contribution in [1.29, 1.82) is 0 Å². The van der Waals surface area contributed by atoms with Crippen LogP contribution in [0.2, 0.25) is 0 Å². The lowest BCUT2D eigenvalue weighted by Crippen LogP contribution is -1.96. The number of carbonyl (C=O) groups excluding carboxylic acids is 1. The number of fused-ring (bicyclic) bond motifs is 3. The first kappa shape index (κ1) is 14.3. The Morgan fingerprint density at radius 3 is 2.75 bits per heavy atom. The Hall–Kier alpha value is -3.34. The molecule has 0 unspecified atom stereocenters. The molecule has 0 bridgehead atoms. The highest BCUT2D eigenvalue weighted by molar-refractivity contribution is 6.07. The molecule has 0 fully saturated rings. The normalized spacial score (nSPS) is 11.5. The first-order valence-electron chi connectivity index (χ1n) is 7.61. The van der Waals surface area contributed by atoms with Crippen molar-refractivity contribution >= 4 is 28.4 Å². The molecule has 0 aliphatic heterocycles. The van der Waals surface area contributed by atoms with Crippen molar-refractivity contribution in [3.05, 3.63) is 77.4 Å². The predicted molar refractivity (Wildman–Crippen MR) is 92.8 cm³/mol. The molecule has 0 spiro atoms. The first-order valence-corrected chi connectivity index (χ1v) is 7.61. The SMILES string of the molecule is Cc1ccc2cc(/C=C/C(=O)c3ccccc3)c3nnnn3c2c1. The van der Waals surface area contributed by atoms with E-state index in [2.05, 4.69) is 15.5 Å². The molecule has 0 aliphatic rings. The van der Waals surface area contributed by atoms with Gasteiger partial charge in [0, 0.05) is 16.5 Å². The van der Waals surface area contributed by atoms with E-state index >= 15 is 0 Å². The third-order valence-corrected chi connectivity index (χ3v) is 3.93. The summed E-state index contributed by atoms with van der Waals surface area (Å²) < 4.78 is 1.70. The second kappa shape index (κ2) is 5.70. The quantitative estimate of drug-likeness (QED) is 0.429. The molecule has 2 heterocycles. The molecule has 5 nitrogen and oxygen atoms in total. The van der Waals surface area contributed by atoms with Gasteiger partial charge in [-0.2, -0.15) is 4.52 Å². The number of rotatable bonds is 3. The van der Waals surface area contributed by atoms with E-state index in [0.717, 1.165) is 22.0 Å². The van der Waals surface area contributed by atoms with Crippen LogP contribution in [0.5, 0.6) is 0 Å². The highest BCUT2D eigenvalue weighted by atomic mass is 16.1. The zero-order valence-electron chi connectivity index (χ0n) is 13.0. The summed E-state index contributed by atoms with van der Waals surface area (Å²) in [6.07, 6.45) is 3.32. The van der Waals surface area contributed by atoms with Crippen LogP contribution in [0.25, 0.3) is 22.6 Å². The average molecular weight is 314 g/mol. The molecule has 0 N–H and O–H groups in total. The highest BCUT2D eigenvalue weighted by Gasteiger charge is 2.09. The Morgan fingerprint density at radius 2 is 1.92 bits per heavy atom. The summed E-state index contributed by atoms with van der Waals surface area (Å²) in [6.45, 7) is 2.03. The lowest BCUT2D eigenvalue weighted by Gasteiger charge is -2.04. The van der Waals surface area contributed by atoms with Gasteiger partial charge in [-0.1, -0.05) is 42.5 Å². The molecule has 24 heavy (non-hydrogen) atoms. The number of benzene rings is 2. The summed E-state index contributed by atoms with van der Waals surface area (Å²) in [5.74, 6) is -0.0507. The summed E-state index contributed by atoms with van der Waals surface area (Å²) >= 11 is 0. The lowest BCUT2D eigenvalue weighted by atomic mass is 10.1. The first-order chi connectivity index (χ1) is 11.7. The number of aryl methyl sites for hydroxylation is 1. The standard InChI is InChI=1S/C19H14N4O/c1-13-7-8-15-12-16(19-20-21-22-23(19)17(15)11-13)9-10-18(24)14-5-3-2-4-6-14/h2-12H,1H3/b10-9+. The topological polar surface area (TPSA) is 60.2 Å². The van der Waals surface area contributed by atoms with Crippen LogP contribution in [0.3, 0.4) is 0 Å². The van der Waals surface area contributed by atoms with Gasteiger partial charge >= 0.3 is 0 Å². The van der Waals surface area contributed by atoms with E-state index in [0.29, 0.717) is 11.2 Å². The van der Waals surface area contributed by atoms with Gasteiger partial charge in [0.05, 0.1) is 5.52 Å². The zero-order valence-corrected chi connectivity index (χ0v) is 13.0. The molecular weight excluding hydrogens is 300 g/mol. The van der Waals surface area contributed by atoms with E-state index in [1.54, 1.807) is 28.8 Å². The minimum atomic E-state index is -0.0507. The van der Waals surface area contributed by atoms with Crippen LogP contribution in [0.15, 0.2) is 60.7 Å². The van der Waals surface area contributed by atoms with E-state index in [1.807, 2.05) is 49.4 Å².